The first kappa shape index (κ1) is 37.7. The van der Waals surface area contributed by atoms with Crippen LogP contribution in [0.15, 0.2) is 59.6 Å². The number of Topliss-reactive ketones (excluding diaryl/α,β-unsaturated/α-hetero) is 2. The van der Waals surface area contributed by atoms with Crippen molar-refractivity contribution in [3.8, 4) is 5.00 Å². The second kappa shape index (κ2) is 16.0. The fourth-order valence-electron chi connectivity index (χ4n) is 7.71. The van der Waals surface area contributed by atoms with Crippen molar-refractivity contribution in [3.63, 3.8) is 0 Å². The molecule has 4 aromatic rings. The first-order chi connectivity index (χ1) is 26.0. The monoisotopic (exact) mass is 765 g/mol. The van der Waals surface area contributed by atoms with Gasteiger partial charge in [0.05, 0.1) is 22.9 Å². The van der Waals surface area contributed by atoms with E-state index in [-0.39, 0.29) is 36.2 Å². The molecule has 2 atom stereocenters. The molecule has 10 nitrogen and oxygen atoms in total. The van der Waals surface area contributed by atoms with Crippen LogP contribution in [0.2, 0.25) is 5.02 Å². The van der Waals surface area contributed by atoms with Gasteiger partial charge >= 0.3 is 0 Å². The number of aryl methyl sites for hydroxylation is 3. The summed E-state index contributed by atoms with van der Waals surface area (Å²) in [6.07, 6.45) is 5.66. The lowest BCUT2D eigenvalue weighted by atomic mass is 9.89. The molecule has 2 aliphatic heterocycles. The van der Waals surface area contributed by atoms with E-state index in [4.69, 9.17) is 21.3 Å². The molecule has 0 saturated heterocycles. The Morgan fingerprint density at radius 3 is 2.52 bits per heavy atom. The molecular weight excluding hydrogens is 722 g/mol. The molecule has 2 aromatic heterocycles. The molecule has 12 heteroatoms. The van der Waals surface area contributed by atoms with E-state index in [1.165, 1.54) is 9.78 Å². The Kier molecular flexibility index (Phi) is 11.2. The van der Waals surface area contributed by atoms with Crippen LogP contribution in [0.5, 0.6) is 0 Å². The van der Waals surface area contributed by atoms with E-state index >= 15 is 0 Å². The summed E-state index contributed by atoms with van der Waals surface area (Å²) >= 11 is 7.92. The molecule has 54 heavy (non-hydrogen) atoms. The van der Waals surface area contributed by atoms with Crippen LogP contribution in [0.3, 0.4) is 0 Å². The van der Waals surface area contributed by atoms with Gasteiger partial charge in [-0.25, -0.2) is 0 Å². The van der Waals surface area contributed by atoms with E-state index < -0.39 is 12.1 Å². The van der Waals surface area contributed by atoms with Gasteiger partial charge in [0.2, 0.25) is 0 Å². The Hall–Kier alpha value is -4.58. The number of imide groups is 1. The van der Waals surface area contributed by atoms with Gasteiger partial charge in [0.1, 0.15) is 22.7 Å². The van der Waals surface area contributed by atoms with Crippen molar-refractivity contribution in [1.29, 1.82) is 0 Å². The zero-order valence-corrected chi connectivity index (χ0v) is 32.5. The Morgan fingerprint density at radius 2 is 1.74 bits per heavy atom. The number of carbonyl (C=O) groups excluding carboxylic acids is 4. The molecule has 1 unspecified atom stereocenters. The Bertz CT molecular complexity index is 2180. The number of fused-ring (bicyclic) bond motifs is 4. The molecule has 1 aliphatic carbocycles. The van der Waals surface area contributed by atoms with E-state index in [2.05, 4.69) is 35.2 Å². The molecule has 2 amide bonds. The van der Waals surface area contributed by atoms with Gasteiger partial charge in [-0.1, -0.05) is 54.4 Å². The summed E-state index contributed by atoms with van der Waals surface area (Å²) in [6.45, 7) is 11.1. The number of rotatable bonds is 14. The van der Waals surface area contributed by atoms with Crippen molar-refractivity contribution < 1.29 is 23.9 Å². The average molecular weight is 766 g/mol. The number of aliphatic imine (C=N–C) groups is 1. The number of halogens is 1. The number of hydrogen-bond donors (Lipinski definition) is 0. The molecule has 1 fully saturated rings. The lowest BCUT2D eigenvalue weighted by Crippen LogP contribution is -2.46. The molecule has 0 radical (unpaired) electrons. The van der Waals surface area contributed by atoms with Crippen molar-refractivity contribution >= 4 is 52.0 Å². The highest BCUT2D eigenvalue weighted by Gasteiger charge is 2.44. The van der Waals surface area contributed by atoms with Gasteiger partial charge in [-0.2, -0.15) is 0 Å². The first-order valence-electron chi connectivity index (χ1n) is 18.7. The third-order valence-corrected chi connectivity index (χ3v) is 12.1. The number of hydrogen-bond acceptors (Lipinski definition) is 9. The smallest absolute Gasteiger partial charge is 0.262 e. The lowest BCUT2D eigenvalue weighted by molar-refractivity contribution is -0.123. The molecule has 0 bridgehead atoms. The summed E-state index contributed by atoms with van der Waals surface area (Å²) in [7, 11) is 0. The summed E-state index contributed by atoms with van der Waals surface area (Å²) in [6, 6.07) is 11.8. The Labute approximate surface area is 324 Å². The number of carbonyl (C=O) groups is 4. The van der Waals surface area contributed by atoms with Crippen molar-refractivity contribution in [2.45, 2.75) is 97.1 Å². The molecule has 2 aromatic carbocycles. The van der Waals surface area contributed by atoms with Crippen LogP contribution in [0.1, 0.15) is 123 Å². The molecule has 4 heterocycles. The maximum Gasteiger partial charge on any atom is 0.262 e. The SMILES string of the molecule is C=C1CCC(N2C(=O)c3cccc(CCCOCCCCCC(=O)C[C@@H]4N=C(c5ccc(Cl)cc5)c5c(sc(C)c5C)-n5c(C)nnc54)c3C2=O)C(=O)C1. The maximum atomic E-state index is 13.4. The van der Waals surface area contributed by atoms with Gasteiger partial charge in [-0.05, 0) is 88.6 Å². The number of benzene rings is 2. The molecule has 7 rings (SSSR count). The van der Waals surface area contributed by atoms with Crippen molar-refractivity contribution in [3.05, 3.63) is 110 Å². The van der Waals surface area contributed by atoms with Crippen LogP contribution in [-0.2, 0) is 20.7 Å². The van der Waals surface area contributed by atoms with E-state index in [0.29, 0.717) is 67.3 Å². The third-order valence-electron chi connectivity index (χ3n) is 10.7. The zero-order valence-electron chi connectivity index (χ0n) is 31.0. The standard InChI is InChI=1S/C42H44ClN5O5S/c1-24-14-19-34(35(50)22-24)48-40(51)32-13-8-10-28(37(32)41(48)52)11-9-21-53-20-7-5-6-12-31(49)23-33-39-46-45-27(4)47(39)42-36(25(2)26(3)54-42)38(44-33)29-15-17-30(43)18-16-29/h8,10,13,15-18,33-34H,1,5-7,9,11-12,14,19-23H2,2-4H3/t33-,34?/m0/s1. The largest absolute Gasteiger partial charge is 0.381 e. The van der Waals surface area contributed by atoms with E-state index in [1.807, 2.05) is 37.3 Å². The topological polar surface area (TPSA) is 124 Å². The van der Waals surface area contributed by atoms with Gasteiger partial charge in [-0.15, -0.1) is 21.5 Å². The summed E-state index contributed by atoms with van der Waals surface area (Å²) < 4.78 is 7.97. The number of allylic oxidation sites excluding steroid dienone is 1. The van der Waals surface area contributed by atoms with Gasteiger partial charge in [0, 0.05) is 53.5 Å². The highest BCUT2D eigenvalue weighted by atomic mass is 35.5. The van der Waals surface area contributed by atoms with E-state index in [0.717, 1.165) is 63.6 Å². The second-order valence-electron chi connectivity index (χ2n) is 14.4. The quantitative estimate of drug-likeness (QED) is 0.0720. The number of thiophene rings is 1. The molecule has 0 N–H and O–H groups in total. The van der Waals surface area contributed by atoms with E-state index in [1.54, 1.807) is 23.5 Å². The van der Waals surface area contributed by atoms with Gasteiger partial charge in [0.25, 0.3) is 11.8 Å². The van der Waals surface area contributed by atoms with Crippen LogP contribution in [0.25, 0.3) is 5.00 Å². The minimum atomic E-state index is -0.720. The second-order valence-corrected chi connectivity index (χ2v) is 16.1. The highest BCUT2D eigenvalue weighted by molar-refractivity contribution is 7.15. The van der Waals surface area contributed by atoms with Crippen LogP contribution < -0.4 is 0 Å². The number of ketones is 2. The van der Waals surface area contributed by atoms with Gasteiger partial charge < -0.3 is 4.74 Å². The minimum Gasteiger partial charge on any atom is -0.381 e. The number of unbranched alkanes of at least 4 members (excludes halogenated alkanes) is 2. The zero-order chi connectivity index (χ0) is 38.1. The summed E-state index contributed by atoms with van der Waals surface area (Å²) in [5.74, 6) is 0.688. The first-order valence-corrected chi connectivity index (χ1v) is 19.9. The summed E-state index contributed by atoms with van der Waals surface area (Å²) in [5, 5.41) is 10.6. The molecule has 280 valence electrons. The van der Waals surface area contributed by atoms with E-state index in [9.17, 15) is 19.2 Å². The molecule has 0 spiro atoms. The normalized spacial score (nSPS) is 18.1. The number of ether oxygens (including phenoxy) is 1. The fourth-order valence-corrected chi connectivity index (χ4v) is 9.05. The molecule has 1 saturated carbocycles. The van der Waals surface area contributed by atoms with Gasteiger partial charge in [0.15, 0.2) is 11.6 Å². The van der Waals surface area contributed by atoms with Crippen LogP contribution >= 0.6 is 22.9 Å². The van der Waals surface area contributed by atoms with Crippen LogP contribution in [0, 0.1) is 20.8 Å². The van der Waals surface area contributed by atoms with Crippen LogP contribution in [0.4, 0.5) is 0 Å². The van der Waals surface area contributed by atoms with Crippen molar-refractivity contribution in [2.75, 3.05) is 13.2 Å². The fraction of sp³-hybridized carbons (Fsp3) is 0.405. The summed E-state index contributed by atoms with van der Waals surface area (Å²) in [4.78, 5) is 60.3. The number of aromatic nitrogens is 3. The molecule has 3 aliphatic rings. The summed E-state index contributed by atoms with van der Waals surface area (Å²) in [5.41, 5.74) is 6.41. The number of amides is 2. The molecular formula is C42H44ClN5O5S. The third kappa shape index (κ3) is 7.41. The van der Waals surface area contributed by atoms with Crippen molar-refractivity contribution in [1.82, 2.24) is 19.7 Å². The lowest BCUT2D eigenvalue weighted by Gasteiger charge is -2.29. The maximum absolute atomic E-state index is 13.4. The number of nitrogens with zero attached hydrogens (tertiary/aromatic N) is 5. The highest BCUT2D eigenvalue weighted by Crippen LogP contribution is 2.40. The average Bonchev–Trinajstić information content (AvgIpc) is 3.72. The van der Waals surface area contributed by atoms with Crippen molar-refractivity contribution in [2.24, 2.45) is 4.99 Å². The Morgan fingerprint density at radius 1 is 0.963 bits per heavy atom. The van der Waals surface area contributed by atoms with Gasteiger partial charge in [-0.3, -0.25) is 33.6 Å². The van der Waals surface area contributed by atoms with Crippen LogP contribution in [-0.4, -0.2) is 68.0 Å². The predicted octanol–water partition coefficient (Wildman–Crippen LogP) is 8.24. The predicted molar refractivity (Wildman–Crippen MR) is 209 cm³/mol. The minimum absolute atomic E-state index is 0.124. The Balaban J connectivity index is 0.889.